The van der Waals surface area contributed by atoms with E-state index >= 15 is 0 Å². The summed E-state index contributed by atoms with van der Waals surface area (Å²) in [5.41, 5.74) is 1.51. The van der Waals surface area contributed by atoms with Gasteiger partial charge in [0.2, 0.25) is 0 Å². The fourth-order valence-electron chi connectivity index (χ4n) is 4.19. The van der Waals surface area contributed by atoms with Gasteiger partial charge in [0.1, 0.15) is 0 Å². The summed E-state index contributed by atoms with van der Waals surface area (Å²) in [6, 6.07) is 21.2. The van der Waals surface area contributed by atoms with Crippen molar-refractivity contribution in [3.8, 4) is 0 Å². The minimum absolute atomic E-state index is 0.0147. The maximum atomic E-state index is 13.2. The molecular weight excluding hydrogens is 326 g/mol. The van der Waals surface area contributed by atoms with Crippen LogP contribution in [0.2, 0.25) is 0 Å². The molecule has 2 aliphatic rings. The number of carbonyl (C=O) groups is 2. The van der Waals surface area contributed by atoms with Gasteiger partial charge in [-0.1, -0.05) is 54.6 Å². The molecule has 2 aliphatic heterocycles. The summed E-state index contributed by atoms with van der Waals surface area (Å²) < 4.78 is 5.75. The van der Waals surface area contributed by atoms with Gasteiger partial charge in [-0.15, -0.1) is 0 Å². The first-order chi connectivity index (χ1) is 12.7. The van der Waals surface area contributed by atoms with E-state index < -0.39 is 5.60 Å². The number of fused-ring (bicyclic) bond motifs is 3. The highest BCUT2D eigenvalue weighted by atomic mass is 16.6. The van der Waals surface area contributed by atoms with Crippen LogP contribution in [0.15, 0.2) is 66.7 Å². The minimum Gasteiger partial charge on any atom is -0.449 e. The molecule has 3 aromatic carbocycles. The topological polar surface area (TPSA) is 46.6 Å². The average molecular weight is 343 g/mol. The lowest BCUT2D eigenvalue weighted by atomic mass is 9.91. The zero-order chi connectivity index (χ0) is 17.7. The normalized spacial score (nSPS) is 21.2. The van der Waals surface area contributed by atoms with Crippen LogP contribution in [0, 0.1) is 0 Å². The predicted molar refractivity (Wildman–Crippen MR) is 98.0 cm³/mol. The van der Waals surface area contributed by atoms with E-state index in [0.29, 0.717) is 30.6 Å². The van der Waals surface area contributed by atoms with Crippen LogP contribution in [0.3, 0.4) is 0 Å². The first-order valence-corrected chi connectivity index (χ1v) is 8.78. The summed E-state index contributed by atoms with van der Waals surface area (Å²) in [6.45, 7) is 0.974. The van der Waals surface area contributed by atoms with Crippen LogP contribution in [0.5, 0.6) is 0 Å². The van der Waals surface area contributed by atoms with Crippen molar-refractivity contribution in [1.82, 2.24) is 4.90 Å². The van der Waals surface area contributed by atoms with Crippen molar-refractivity contribution in [2.75, 3.05) is 13.1 Å². The van der Waals surface area contributed by atoms with Gasteiger partial charge in [-0.3, -0.25) is 4.79 Å². The maximum Gasteiger partial charge on any atom is 0.339 e. The number of nitrogens with zero attached hydrogens (tertiary/aromatic N) is 1. The van der Waals surface area contributed by atoms with Crippen LogP contribution >= 0.6 is 0 Å². The average Bonchev–Trinajstić information content (AvgIpc) is 3.23. The lowest BCUT2D eigenvalue weighted by molar-refractivity contribution is -0.00305. The summed E-state index contributed by atoms with van der Waals surface area (Å²) in [6.07, 6.45) is 0.631. The van der Waals surface area contributed by atoms with Crippen molar-refractivity contribution in [3.63, 3.8) is 0 Å². The Balaban J connectivity index is 1.50. The lowest BCUT2D eigenvalue weighted by Crippen LogP contribution is -2.34. The lowest BCUT2D eigenvalue weighted by Gasteiger charge is -2.24. The van der Waals surface area contributed by atoms with E-state index in [9.17, 15) is 9.59 Å². The highest BCUT2D eigenvalue weighted by Crippen LogP contribution is 2.43. The SMILES string of the molecule is O=C1OC2(CCN(C(=O)c3cccc4ccccc34)C2)c2ccccc21. The fourth-order valence-corrected chi connectivity index (χ4v) is 4.19. The summed E-state index contributed by atoms with van der Waals surface area (Å²) in [7, 11) is 0. The van der Waals surface area contributed by atoms with E-state index in [-0.39, 0.29) is 11.9 Å². The van der Waals surface area contributed by atoms with Gasteiger partial charge in [-0.05, 0) is 22.9 Å². The molecule has 0 N–H and O–H groups in total. The molecule has 0 bridgehead atoms. The molecule has 4 heteroatoms. The Kier molecular flexibility index (Phi) is 3.16. The third-order valence-corrected chi connectivity index (χ3v) is 5.46. The number of carbonyl (C=O) groups excluding carboxylic acids is 2. The molecule has 4 nitrogen and oxygen atoms in total. The number of amides is 1. The summed E-state index contributed by atoms with van der Waals surface area (Å²) in [5, 5.41) is 2.00. The third kappa shape index (κ3) is 2.08. The summed E-state index contributed by atoms with van der Waals surface area (Å²) >= 11 is 0. The molecule has 1 saturated heterocycles. The number of ether oxygens (including phenoxy) is 1. The predicted octanol–water partition coefficient (Wildman–Crippen LogP) is 3.75. The van der Waals surface area contributed by atoms with Crippen LogP contribution < -0.4 is 0 Å². The molecule has 3 aromatic rings. The second-order valence-corrected chi connectivity index (χ2v) is 6.93. The van der Waals surface area contributed by atoms with Crippen molar-refractivity contribution in [2.45, 2.75) is 12.0 Å². The largest absolute Gasteiger partial charge is 0.449 e. The van der Waals surface area contributed by atoms with E-state index in [1.54, 1.807) is 11.0 Å². The molecule has 5 rings (SSSR count). The van der Waals surface area contributed by atoms with E-state index in [1.807, 2.05) is 60.7 Å². The molecule has 0 radical (unpaired) electrons. The highest BCUT2D eigenvalue weighted by molar-refractivity contribution is 6.07. The molecule has 1 fully saturated rings. The zero-order valence-corrected chi connectivity index (χ0v) is 14.1. The molecular formula is C22H17NO3. The molecule has 0 aromatic heterocycles. The van der Waals surface area contributed by atoms with Crippen LogP contribution in [0.25, 0.3) is 10.8 Å². The standard InChI is InChI=1S/C22H17NO3/c24-20(17-10-5-7-15-6-1-2-8-16(15)17)23-13-12-22(14-23)19-11-4-3-9-18(19)21(25)26-22/h1-11H,12-14H2. The van der Waals surface area contributed by atoms with Crippen molar-refractivity contribution in [1.29, 1.82) is 0 Å². The first-order valence-electron chi connectivity index (χ1n) is 8.78. The van der Waals surface area contributed by atoms with Crippen molar-refractivity contribution < 1.29 is 14.3 Å². The Morgan fingerprint density at radius 3 is 2.65 bits per heavy atom. The Morgan fingerprint density at radius 2 is 1.73 bits per heavy atom. The van der Waals surface area contributed by atoms with Crippen molar-refractivity contribution in [3.05, 3.63) is 83.4 Å². The number of rotatable bonds is 1. The van der Waals surface area contributed by atoms with Crippen LogP contribution in [0.1, 0.15) is 32.7 Å². The van der Waals surface area contributed by atoms with Gasteiger partial charge < -0.3 is 9.64 Å². The number of hydrogen-bond acceptors (Lipinski definition) is 3. The number of likely N-dealkylation sites (tertiary alicyclic amines) is 1. The van der Waals surface area contributed by atoms with E-state index in [2.05, 4.69) is 0 Å². The number of hydrogen-bond donors (Lipinski definition) is 0. The van der Waals surface area contributed by atoms with Crippen LogP contribution in [-0.4, -0.2) is 29.9 Å². The minimum atomic E-state index is -0.700. The molecule has 0 saturated carbocycles. The van der Waals surface area contributed by atoms with Gasteiger partial charge in [0, 0.05) is 24.1 Å². The number of esters is 1. The third-order valence-electron chi connectivity index (χ3n) is 5.46. The van der Waals surface area contributed by atoms with Crippen LogP contribution in [0.4, 0.5) is 0 Å². The van der Waals surface area contributed by atoms with Gasteiger partial charge in [-0.2, -0.15) is 0 Å². The molecule has 1 amide bonds. The van der Waals surface area contributed by atoms with Crippen molar-refractivity contribution in [2.24, 2.45) is 0 Å². The first kappa shape index (κ1) is 15.1. The van der Waals surface area contributed by atoms with Gasteiger partial charge in [0.15, 0.2) is 5.60 Å². The molecule has 128 valence electrons. The quantitative estimate of drug-likeness (QED) is 0.632. The van der Waals surface area contributed by atoms with Crippen LogP contribution in [-0.2, 0) is 10.3 Å². The van der Waals surface area contributed by atoms with Gasteiger partial charge in [0.05, 0.1) is 12.1 Å². The van der Waals surface area contributed by atoms with E-state index in [4.69, 9.17) is 4.74 Å². The summed E-state index contributed by atoms with van der Waals surface area (Å²) in [4.78, 5) is 27.2. The Bertz CT molecular complexity index is 1050. The second-order valence-electron chi connectivity index (χ2n) is 6.93. The monoisotopic (exact) mass is 343 g/mol. The highest BCUT2D eigenvalue weighted by Gasteiger charge is 2.50. The van der Waals surface area contributed by atoms with E-state index in [1.165, 1.54) is 0 Å². The molecule has 0 aliphatic carbocycles. The molecule has 2 heterocycles. The molecule has 1 atom stereocenters. The fraction of sp³-hybridized carbons (Fsp3) is 0.182. The van der Waals surface area contributed by atoms with Crippen molar-refractivity contribution >= 4 is 22.6 Å². The van der Waals surface area contributed by atoms with E-state index in [0.717, 1.165) is 16.3 Å². The molecule has 26 heavy (non-hydrogen) atoms. The van der Waals surface area contributed by atoms with Gasteiger partial charge in [-0.25, -0.2) is 4.79 Å². The molecule has 1 spiro atoms. The van der Waals surface area contributed by atoms with Gasteiger partial charge >= 0.3 is 5.97 Å². The second kappa shape index (κ2) is 5.43. The number of benzene rings is 3. The molecule has 1 unspecified atom stereocenters. The Hall–Kier alpha value is -3.14. The van der Waals surface area contributed by atoms with Gasteiger partial charge in [0.25, 0.3) is 5.91 Å². The Labute approximate surface area is 151 Å². The summed E-state index contributed by atoms with van der Waals surface area (Å²) in [5.74, 6) is -0.306. The smallest absolute Gasteiger partial charge is 0.339 e. The zero-order valence-electron chi connectivity index (χ0n) is 14.1. The Morgan fingerprint density at radius 1 is 0.962 bits per heavy atom. The maximum absolute atomic E-state index is 13.2.